The Morgan fingerprint density at radius 1 is 1.59 bits per heavy atom. The van der Waals surface area contributed by atoms with Crippen LogP contribution in [0.4, 0.5) is 0 Å². The molecule has 1 fully saturated rings. The third-order valence-electron chi connectivity index (χ3n) is 3.22. The molecule has 0 amide bonds. The smallest absolute Gasteiger partial charge is 0.152 e. The first-order valence-corrected chi connectivity index (χ1v) is 8.01. The van der Waals surface area contributed by atoms with Gasteiger partial charge in [-0.1, -0.05) is 24.9 Å². The number of sulfone groups is 1. The summed E-state index contributed by atoms with van der Waals surface area (Å²) in [6.07, 6.45) is 2.46. The molecule has 2 rings (SSSR count). The molecule has 0 radical (unpaired) electrons. The monoisotopic (exact) mass is 276 g/mol. The van der Waals surface area contributed by atoms with E-state index in [9.17, 15) is 8.42 Å². The summed E-state index contributed by atoms with van der Waals surface area (Å²) >= 11 is 6.15. The molecule has 1 atom stereocenters. The molecular weight excluding hydrogens is 260 g/mol. The molecule has 17 heavy (non-hydrogen) atoms. The van der Waals surface area contributed by atoms with Crippen molar-refractivity contribution in [2.24, 2.45) is 0 Å². The predicted molar refractivity (Wildman–Crippen MR) is 68.2 cm³/mol. The number of aromatic nitrogens is 2. The lowest BCUT2D eigenvalue weighted by Gasteiger charge is -2.23. The summed E-state index contributed by atoms with van der Waals surface area (Å²) in [5.41, 5.74) is 0.449. The van der Waals surface area contributed by atoms with Gasteiger partial charge in [-0.05, 0) is 25.8 Å². The van der Waals surface area contributed by atoms with Gasteiger partial charge < -0.3 is 0 Å². The molecule has 0 saturated carbocycles. The minimum Gasteiger partial charge on any atom is -0.247 e. The molecule has 0 N–H and O–H groups in total. The van der Waals surface area contributed by atoms with Crippen LogP contribution < -0.4 is 0 Å². The molecule has 1 saturated heterocycles. The molecule has 1 aromatic rings. The summed E-state index contributed by atoms with van der Waals surface area (Å²) in [6, 6.07) is 1.83. The average Bonchev–Trinajstić information content (AvgIpc) is 2.69. The molecule has 96 valence electrons. The van der Waals surface area contributed by atoms with Gasteiger partial charge in [0, 0.05) is 0 Å². The highest BCUT2D eigenvalue weighted by atomic mass is 35.5. The molecule has 6 heteroatoms. The SMILES string of the molecule is CCCc1cc(Cl)n(C2(C)CCS(=O)(=O)C2)n1. The second kappa shape index (κ2) is 4.28. The van der Waals surface area contributed by atoms with Crippen LogP contribution in [0.15, 0.2) is 6.07 Å². The van der Waals surface area contributed by atoms with E-state index in [2.05, 4.69) is 12.0 Å². The minimum atomic E-state index is -2.94. The summed E-state index contributed by atoms with van der Waals surface area (Å²) in [4.78, 5) is 0. The van der Waals surface area contributed by atoms with Crippen LogP contribution in [0.1, 0.15) is 32.4 Å². The van der Waals surface area contributed by atoms with E-state index >= 15 is 0 Å². The van der Waals surface area contributed by atoms with Gasteiger partial charge in [-0.15, -0.1) is 0 Å². The van der Waals surface area contributed by atoms with Crippen molar-refractivity contribution < 1.29 is 8.42 Å². The van der Waals surface area contributed by atoms with Crippen LogP contribution in [-0.4, -0.2) is 29.7 Å². The first-order chi connectivity index (χ1) is 7.86. The fraction of sp³-hybridized carbons (Fsp3) is 0.727. The van der Waals surface area contributed by atoms with Crippen LogP contribution in [0.5, 0.6) is 0 Å². The van der Waals surface area contributed by atoms with Crippen molar-refractivity contribution in [2.45, 2.75) is 38.6 Å². The number of aryl methyl sites for hydroxylation is 1. The molecule has 1 aliphatic heterocycles. The highest BCUT2D eigenvalue weighted by Gasteiger charge is 2.41. The predicted octanol–water partition coefficient (Wildman–Crippen LogP) is 2.02. The first kappa shape index (κ1) is 12.9. The standard InChI is InChI=1S/C11H17ClN2O2S/c1-3-4-9-7-10(12)14(13-9)11(2)5-6-17(15,16)8-11/h7H,3-6,8H2,1-2H3. The molecule has 0 aliphatic carbocycles. The summed E-state index contributed by atoms with van der Waals surface area (Å²) in [5.74, 6) is 0.357. The summed E-state index contributed by atoms with van der Waals surface area (Å²) < 4.78 is 24.8. The Balaban J connectivity index is 2.34. The van der Waals surface area contributed by atoms with Crippen molar-refractivity contribution in [1.29, 1.82) is 0 Å². The summed E-state index contributed by atoms with van der Waals surface area (Å²) in [6.45, 7) is 3.99. The van der Waals surface area contributed by atoms with Crippen molar-refractivity contribution in [2.75, 3.05) is 11.5 Å². The highest BCUT2D eigenvalue weighted by molar-refractivity contribution is 7.91. The van der Waals surface area contributed by atoms with Crippen molar-refractivity contribution in [1.82, 2.24) is 9.78 Å². The first-order valence-electron chi connectivity index (χ1n) is 5.82. The Bertz CT molecular complexity index is 524. The Kier molecular flexibility index (Phi) is 3.25. The van der Waals surface area contributed by atoms with Gasteiger partial charge >= 0.3 is 0 Å². The lowest BCUT2D eigenvalue weighted by Crippen LogP contribution is -2.32. The third kappa shape index (κ3) is 2.50. The number of nitrogens with zero attached hydrogens (tertiary/aromatic N) is 2. The number of halogens is 1. The normalized spacial score (nSPS) is 27.5. The van der Waals surface area contributed by atoms with E-state index in [0.29, 0.717) is 11.6 Å². The van der Waals surface area contributed by atoms with E-state index in [4.69, 9.17) is 11.6 Å². The molecule has 4 nitrogen and oxygen atoms in total. The fourth-order valence-corrected chi connectivity index (χ4v) is 4.80. The number of hydrogen-bond donors (Lipinski definition) is 0. The molecule has 1 unspecified atom stereocenters. The molecule has 0 spiro atoms. The van der Waals surface area contributed by atoms with E-state index in [1.165, 1.54) is 0 Å². The van der Waals surface area contributed by atoms with Gasteiger partial charge in [0.05, 0.1) is 22.7 Å². The zero-order valence-electron chi connectivity index (χ0n) is 10.1. The molecule has 1 aromatic heterocycles. The Labute approximate surface area is 107 Å². The van der Waals surface area contributed by atoms with Crippen LogP contribution >= 0.6 is 11.6 Å². The van der Waals surface area contributed by atoms with Gasteiger partial charge in [-0.3, -0.25) is 0 Å². The second-order valence-electron chi connectivity index (χ2n) is 4.96. The third-order valence-corrected chi connectivity index (χ3v) is 5.37. The average molecular weight is 277 g/mol. The van der Waals surface area contributed by atoms with E-state index in [-0.39, 0.29) is 11.5 Å². The van der Waals surface area contributed by atoms with Crippen LogP contribution in [0.3, 0.4) is 0 Å². The van der Waals surface area contributed by atoms with Crippen molar-refractivity contribution in [3.8, 4) is 0 Å². The maximum Gasteiger partial charge on any atom is 0.152 e. The fourth-order valence-electron chi connectivity index (χ4n) is 2.32. The maximum absolute atomic E-state index is 11.6. The van der Waals surface area contributed by atoms with Crippen molar-refractivity contribution >= 4 is 21.4 Å². The molecular formula is C11H17ClN2O2S. The summed E-state index contributed by atoms with van der Waals surface area (Å²) in [7, 11) is -2.94. The van der Waals surface area contributed by atoms with Crippen LogP contribution in [0.2, 0.25) is 5.15 Å². The van der Waals surface area contributed by atoms with E-state index < -0.39 is 15.4 Å². The van der Waals surface area contributed by atoms with Gasteiger partial charge in [0.15, 0.2) is 9.84 Å². The van der Waals surface area contributed by atoms with Gasteiger partial charge in [-0.2, -0.15) is 5.10 Å². The Hall–Kier alpha value is -0.550. The van der Waals surface area contributed by atoms with Crippen molar-refractivity contribution in [3.63, 3.8) is 0 Å². The zero-order valence-corrected chi connectivity index (χ0v) is 11.7. The largest absolute Gasteiger partial charge is 0.247 e. The van der Waals surface area contributed by atoms with E-state index in [1.807, 2.05) is 13.0 Å². The van der Waals surface area contributed by atoms with Crippen LogP contribution in [0.25, 0.3) is 0 Å². The van der Waals surface area contributed by atoms with Gasteiger partial charge in [-0.25, -0.2) is 13.1 Å². The molecule has 2 heterocycles. The number of rotatable bonds is 3. The molecule has 0 aromatic carbocycles. The summed E-state index contributed by atoms with van der Waals surface area (Å²) in [5, 5.41) is 4.97. The second-order valence-corrected chi connectivity index (χ2v) is 7.53. The zero-order chi connectivity index (χ0) is 12.7. The van der Waals surface area contributed by atoms with Gasteiger partial charge in [0.2, 0.25) is 0 Å². The van der Waals surface area contributed by atoms with E-state index in [0.717, 1.165) is 18.5 Å². The quantitative estimate of drug-likeness (QED) is 0.849. The van der Waals surface area contributed by atoms with E-state index in [1.54, 1.807) is 4.68 Å². The van der Waals surface area contributed by atoms with Gasteiger partial charge in [0.1, 0.15) is 5.15 Å². The van der Waals surface area contributed by atoms with Crippen molar-refractivity contribution in [3.05, 3.63) is 16.9 Å². The maximum atomic E-state index is 11.6. The minimum absolute atomic E-state index is 0.132. The topological polar surface area (TPSA) is 52.0 Å². The van der Waals surface area contributed by atoms with Crippen LogP contribution in [0, 0.1) is 0 Å². The highest BCUT2D eigenvalue weighted by Crippen LogP contribution is 2.33. The molecule has 1 aliphatic rings. The Morgan fingerprint density at radius 3 is 2.82 bits per heavy atom. The number of hydrogen-bond acceptors (Lipinski definition) is 3. The van der Waals surface area contributed by atoms with Gasteiger partial charge in [0.25, 0.3) is 0 Å². The van der Waals surface area contributed by atoms with Crippen LogP contribution in [-0.2, 0) is 21.8 Å². The molecule has 0 bridgehead atoms. The lowest BCUT2D eigenvalue weighted by atomic mass is 10.0. The lowest BCUT2D eigenvalue weighted by molar-refractivity contribution is 0.327. The Morgan fingerprint density at radius 2 is 2.29 bits per heavy atom.